The second-order valence-electron chi connectivity index (χ2n) is 6.97. The SMILES string of the molecule is Nn1c(CCC2CCCCC2)nnc1SCC(=O)NCc1ccccc1F. The summed E-state index contributed by atoms with van der Waals surface area (Å²) >= 11 is 1.24. The highest BCUT2D eigenvalue weighted by atomic mass is 32.2. The summed E-state index contributed by atoms with van der Waals surface area (Å²) in [6, 6.07) is 6.39. The van der Waals surface area contributed by atoms with Crippen LogP contribution in [-0.2, 0) is 17.8 Å². The standard InChI is InChI=1S/C19H26FN5OS/c20-16-9-5-4-8-15(16)12-22-18(26)13-27-19-24-23-17(25(19)21)11-10-14-6-2-1-3-7-14/h4-5,8-9,14H,1-3,6-7,10-13,21H2,(H,22,26). The van der Waals surface area contributed by atoms with E-state index < -0.39 is 0 Å². The lowest BCUT2D eigenvalue weighted by atomic mass is 9.86. The van der Waals surface area contributed by atoms with Crippen LogP contribution in [0.4, 0.5) is 4.39 Å². The average molecular weight is 392 g/mol. The molecule has 1 aromatic carbocycles. The highest BCUT2D eigenvalue weighted by Crippen LogP contribution is 2.27. The molecule has 1 aromatic heterocycles. The molecular weight excluding hydrogens is 365 g/mol. The maximum absolute atomic E-state index is 13.6. The molecule has 0 radical (unpaired) electrons. The van der Waals surface area contributed by atoms with Crippen molar-refractivity contribution in [1.29, 1.82) is 0 Å². The summed E-state index contributed by atoms with van der Waals surface area (Å²) < 4.78 is 15.0. The van der Waals surface area contributed by atoms with Crippen molar-refractivity contribution in [1.82, 2.24) is 20.2 Å². The molecule has 0 aliphatic heterocycles. The van der Waals surface area contributed by atoms with Crippen molar-refractivity contribution >= 4 is 17.7 Å². The van der Waals surface area contributed by atoms with Gasteiger partial charge in [0.2, 0.25) is 11.1 Å². The fourth-order valence-corrected chi connectivity index (χ4v) is 4.11. The van der Waals surface area contributed by atoms with Crippen molar-refractivity contribution in [2.75, 3.05) is 11.6 Å². The smallest absolute Gasteiger partial charge is 0.230 e. The van der Waals surface area contributed by atoms with Gasteiger partial charge >= 0.3 is 0 Å². The normalized spacial score (nSPS) is 15.0. The first kappa shape index (κ1) is 19.7. The maximum Gasteiger partial charge on any atom is 0.230 e. The topological polar surface area (TPSA) is 85.8 Å². The van der Waals surface area contributed by atoms with Gasteiger partial charge in [-0.05, 0) is 18.4 Å². The lowest BCUT2D eigenvalue weighted by molar-refractivity contribution is -0.118. The number of nitrogens with one attached hydrogen (secondary N) is 1. The number of carbonyl (C=O) groups is 1. The number of halogens is 1. The zero-order valence-electron chi connectivity index (χ0n) is 15.4. The third-order valence-electron chi connectivity index (χ3n) is 5.00. The largest absolute Gasteiger partial charge is 0.351 e. The van der Waals surface area contributed by atoms with E-state index >= 15 is 0 Å². The average Bonchev–Trinajstić information content (AvgIpc) is 3.04. The van der Waals surface area contributed by atoms with Crippen molar-refractivity contribution in [3.05, 3.63) is 41.5 Å². The number of hydrogen-bond donors (Lipinski definition) is 2. The number of aromatic nitrogens is 3. The van der Waals surface area contributed by atoms with E-state index in [9.17, 15) is 9.18 Å². The minimum atomic E-state index is -0.324. The second-order valence-corrected chi connectivity index (χ2v) is 7.91. The predicted octanol–water partition coefficient (Wildman–Crippen LogP) is 3.05. The fourth-order valence-electron chi connectivity index (χ4n) is 3.40. The van der Waals surface area contributed by atoms with Crippen LogP contribution in [0.5, 0.6) is 0 Å². The summed E-state index contributed by atoms with van der Waals surface area (Å²) in [5.74, 6) is 7.23. The van der Waals surface area contributed by atoms with E-state index in [0.717, 1.165) is 24.6 Å². The lowest BCUT2D eigenvalue weighted by Gasteiger charge is -2.20. The summed E-state index contributed by atoms with van der Waals surface area (Å²) in [7, 11) is 0. The van der Waals surface area contributed by atoms with Gasteiger partial charge in [-0.2, -0.15) is 0 Å². The maximum atomic E-state index is 13.6. The van der Waals surface area contributed by atoms with Gasteiger partial charge in [-0.15, -0.1) is 10.2 Å². The zero-order valence-corrected chi connectivity index (χ0v) is 16.2. The second kappa shape index (κ2) is 9.73. The van der Waals surface area contributed by atoms with Crippen LogP contribution in [0.15, 0.2) is 29.4 Å². The van der Waals surface area contributed by atoms with E-state index in [1.54, 1.807) is 18.2 Å². The number of carbonyl (C=O) groups excluding carboxylic acids is 1. The third-order valence-corrected chi connectivity index (χ3v) is 5.95. The van der Waals surface area contributed by atoms with Crippen molar-refractivity contribution in [2.45, 2.75) is 56.6 Å². The summed E-state index contributed by atoms with van der Waals surface area (Å²) in [6.07, 6.45) is 8.48. The molecule has 0 spiro atoms. The Morgan fingerprint density at radius 3 is 2.81 bits per heavy atom. The van der Waals surface area contributed by atoms with Crippen LogP contribution >= 0.6 is 11.8 Å². The number of hydrogen-bond acceptors (Lipinski definition) is 5. The lowest BCUT2D eigenvalue weighted by Crippen LogP contribution is -2.25. The number of aryl methyl sites for hydroxylation is 1. The number of thioether (sulfide) groups is 1. The Morgan fingerprint density at radius 1 is 1.26 bits per heavy atom. The number of rotatable bonds is 8. The molecule has 27 heavy (non-hydrogen) atoms. The molecule has 1 heterocycles. The van der Waals surface area contributed by atoms with Crippen LogP contribution in [0, 0.1) is 11.7 Å². The van der Waals surface area contributed by atoms with Gasteiger partial charge in [0, 0.05) is 18.5 Å². The van der Waals surface area contributed by atoms with Crippen molar-refractivity contribution in [2.24, 2.45) is 5.92 Å². The molecule has 0 unspecified atom stereocenters. The monoisotopic (exact) mass is 391 g/mol. The minimum absolute atomic E-state index is 0.159. The molecule has 1 saturated carbocycles. The van der Waals surface area contributed by atoms with Crippen LogP contribution in [0.1, 0.15) is 49.9 Å². The Bertz CT molecular complexity index is 760. The zero-order chi connectivity index (χ0) is 19.1. The van der Waals surface area contributed by atoms with E-state index in [1.807, 2.05) is 0 Å². The van der Waals surface area contributed by atoms with E-state index in [0.29, 0.717) is 10.7 Å². The molecule has 3 rings (SSSR count). The van der Waals surface area contributed by atoms with Crippen LogP contribution in [0.3, 0.4) is 0 Å². The van der Waals surface area contributed by atoms with Crippen LogP contribution in [0.25, 0.3) is 0 Å². The summed E-state index contributed by atoms with van der Waals surface area (Å²) in [4.78, 5) is 12.0. The van der Waals surface area contributed by atoms with Gasteiger partial charge < -0.3 is 11.2 Å². The molecule has 146 valence electrons. The molecule has 2 aromatic rings. The Labute approximate surface area is 163 Å². The third kappa shape index (κ3) is 5.69. The molecular formula is C19H26FN5OS. The number of nitrogens with two attached hydrogens (primary N) is 1. The fraction of sp³-hybridized carbons (Fsp3) is 0.526. The molecule has 0 bridgehead atoms. The first-order chi connectivity index (χ1) is 13.1. The first-order valence-corrected chi connectivity index (χ1v) is 10.4. The van der Waals surface area contributed by atoms with E-state index in [2.05, 4.69) is 15.5 Å². The molecule has 3 N–H and O–H groups in total. The summed E-state index contributed by atoms with van der Waals surface area (Å²) in [6.45, 7) is 0.161. The molecule has 1 amide bonds. The quantitative estimate of drug-likeness (QED) is 0.534. The Hall–Kier alpha value is -2.09. The molecule has 1 aliphatic carbocycles. The van der Waals surface area contributed by atoms with Crippen LogP contribution < -0.4 is 11.2 Å². The molecule has 0 atom stereocenters. The number of amides is 1. The predicted molar refractivity (Wildman–Crippen MR) is 104 cm³/mol. The summed E-state index contributed by atoms with van der Waals surface area (Å²) in [5.41, 5.74) is 0.461. The van der Waals surface area contributed by atoms with Crippen LogP contribution in [-0.4, -0.2) is 26.5 Å². The number of nitrogens with zero attached hydrogens (tertiary/aromatic N) is 3. The van der Waals surface area contributed by atoms with Crippen molar-refractivity contribution in [3.63, 3.8) is 0 Å². The van der Waals surface area contributed by atoms with Gasteiger partial charge in [0.1, 0.15) is 5.82 Å². The van der Waals surface area contributed by atoms with Gasteiger partial charge in [-0.3, -0.25) is 4.79 Å². The molecule has 0 saturated heterocycles. The molecule has 6 nitrogen and oxygen atoms in total. The van der Waals surface area contributed by atoms with Gasteiger partial charge in [0.25, 0.3) is 0 Å². The molecule has 1 fully saturated rings. The van der Waals surface area contributed by atoms with Gasteiger partial charge in [-0.25, -0.2) is 9.07 Å². The molecule has 1 aliphatic rings. The van der Waals surface area contributed by atoms with E-state index in [-0.39, 0.29) is 24.0 Å². The Morgan fingerprint density at radius 2 is 2.04 bits per heavy atom. The van der Waals surface area contributed by atoms with Crippen molar-refractivity contribution < 1.29 is 9.18 Å². The highest BCUT2D eigenvalue weighted by Gasteiger charge is 2.17. The Kier molecular flexibility index (Phi) is 7.09. The van der Waals surface area contributed by atoms with Crippen molar-refractivity contribution in [3.8, 4) is 0 Å². The van der Waals surface area contributed by atoms with Gasteiger partial charge in [0.15, 0.2) is 5.82 Å². The Balaban J connectivity index is 1.43. The highest BCUT2D eigenvalue weighted by molar-refractivity contribution is 7.99. The minimum Gasteiger partial charge on any atom is -0.351 e. The summed E-state index contributed by atoms with van der Waals surface area (Å²) in [5, 5.41) is 11.5. The first-order valence-electron chi connectivity index (χ1n) is 9.45. The number of nitrogen functional groups attached to an aromatic ring is 1. The molecule has 8 heteroatoms. The van der Waals surface area contributed by atoms with Gasteiger partial charge in [0.05, 0.1) is 5.75 Å². The van der Waals surface area contributed by atoms with E-state index in [1.165, 1.54) is 54.6 Å². The number of benzene rings is 1. The van der Waals surface area contributed by atoms with Crippen LogP contribution in [0.2, 0.25) is 0 Å². The van der Waals surface area contributed by atoms with E-state index in [4.69, 9.17) is 5.84 Å². The van der Waals surface area contributed by atoms with Gasteiger partial charge in [-0.1, -0.05) is 62.1 Å².